The van der Waals surface area contributed by atoms with Crippen molar-refractivity contribution in [2.75, 3.05) is 6.54 Å². The van der Waals surface area contributed by atoms with Crippen LogP contribution in [0.1, 0.15) is 70.6 Å². The van der Waals surface area contributed by atoms with Crippen molar-refractivity contribution in [2.45, 2.75) is 76.7 Å². The van der Waals surface area contributed by atoms with Gasteiger partial charge in [0.05, 0.1) is 0 Å². The molecule has 2 fully saturated rings. The van der Waals surface area contributed by atoms with Gasteiger partial charge in [0.2, 0.25) is 5.91 Å². The van der Waals surface area contributed by atoms with Gasteiger partial charge in [0.25, 0.3) is 0 Å². The minimum atomic E-state index is -0.752. The number of carbonyl (C=O) groups is 2. The summed E-state index contributed by atoms with van der Waals surface area (Å²) >= 11 is 0. The van der Waals surface area contributed by atoms with Gasteiger partial charge in [0.15, 0.2) is 0 Å². The van der Waals surface area contributed by atoms with Gasteiger partial charge in [-0.3, -0.25) is 9.59 Å². The lowest BCUT2D eigenvalue weighted by Crippen LogP contribution is -2.46. The van der Waals surface area contributed by atoms with Gasteiger partial charge in [0, 0.05) is 24.9 Å². The molecule has 2 aliphatic rings. The van der Waals surface area contributed by atoms with E-state index >= 15 is 0 Å². The highest BCUT2D eigenvalue weighted by atomic mass is 16.4. The van der Waals surface area contributed by atoms with Gasteiger partial charge in [-0.1, -0.05) is 25.7 Å². The average Bonchev–Trinajstić information content (AvgIpc) is 2.73. The lowest BCUT2D eigenvalue weighted by atomic mass is 9.93. The van der Waals surface area contributed by atoms with Crippen molar-refractivity contribution in [2.24, 2.45) is 5.92 Å². The molecule has 1 saturated heterocycles. The largest absolute Gasteiger partial charge is 0.481 e. The Morgan fingerprint density at radius 2 is 1.60 bits per heavy atom. The zero-order valence-corrected chi connectivity index (χ0v) is 12.4. The molecule has 1 amide bonds. The van der Waals surface area contributed by atoms with Crippen LogP contribution in [0.2, 0.25) is 0 Å². The number of carboxylic acid groups (broad SMARTS) is 1. The Kier molecular flexibility index (Phi) is 5.86. The molecule has 0 aromatic rings. The SMILES string of the molecule is O=C(O)CCC1CCCCN1C(=O)C1CCCCCC1. The van der Waals surface area contributed by atoms with E-state index in [0.29, 0.717) is 12.3 Å². The molecule has 0 spiro atoms. The monoisotopic (exact) mass is 281 g/mol. The molecule has 114 valence electrons. The molecular formula is C16H27NO3. The van der Waals surface area contributed by atoms with E-state index in [2.05, 4.69) is 0 Å². The summed E-state index contributed by atoms with van der Waals surface area (Å²) in [6.45, 7) is 0.833. The normalized spacial score (nSPS) is 25.2. The van der Waals surface area contributed by atoms with Crippen LogP contribution in [0.3, 0.4) is 0 Å². The van der Waals surface area contributed by atoms with E-state index in [1.807, 2.05) is 4.90 Å². The molecule has 4 heteroatoms. The molecule has 0 bridgehead atoms. The number of carboxylic acids is 1. The van der Waals surface area contributed by atoms with Crippen LogP contribution in [0.5, 0.6) is 0 Å². The Balaban J connectivity index is 1.94. The fraction of sp³-hybridized carbons (Fsp3) is 0.875. The van der Waals surface area contributed by atoms with Gasteiger partial charge in [-0.2, -0.15) is 0 Å². The Morgan fingerprint density at radius 1 is 0.950 bits per heavy atom. The summed E-state index contributed by atoms with van der Waals surface area (Å²) in [5.74, 6) is -0.248. The molecule has 4 nitrogen and oxygen atoms in total. The molecule has 20 heavy (non-hydrogen) atoms. The van der Waals surface area contributed by atoms with Crippen LogP contribution in [0.25, 0.3) is 0 Å². The zero-order chi connectivity index (χ0) is 14.4. The first-order chi connectivity index (χ1) is 9.68. The highest BCUT2D eigenvalue weighted by Gasteiger charge is 2.31. The van der Waals surface area contributed by atoms with Crippen molar-refractivity contribution in [3.05, 3.63) is 0 Å². The van der Waals surface area contributed by atoms with Crippen LogP contribution in [0.15, 0.2) is 0 Å². The molecule has 1 atom stereocenters. The molecule has 1 aliphatic heterocycles. The second-order valence-electron chi connectivity index (χ2n) is 6.30. The topological polar surface area (TPSA) is 57.6 Å². The lowest BCUT2D eigenvalue weighted by molar-refractivity contribution is -0.142. The number of amides is 1. The van der Waals surface area contributed by atoms with Gasteiger partial charge in [-0.15, -0.1) is 0 Å². The first-order valence-electron chi connectivity index (χ1n) is 8.21. The molecule has 2 rings (SSSR count). The number of rotatable bonds is 4. The van der Waals surface area contributed by atoms with Gasteiger partial charge in [-0.25, -0.2) is 0 Å². The summed E-state index contributed by atoms with van der Waals surface area (Å²) in [6.07, 6.45) is 10.9. The fourth-order valence-electron chi connectivity index (χ4n) is 3.64. The first-order valence-corrected chi connectivity index (χ1v) is 8.21. The summed E-state index contributed by atoms with van der Waals surface area (Å²) < 4.78 is 0. The molecule has 0 aromatic heterocycles. The third kappa shape index (κ3) is 4.22. The van der Waals surface area contributed by atoms with Crippen LogP contribution in [0.4, 0.5) is 0 Å². The van der Waals surface area contributed by atoms with Crippen molar-refractivity contribution in [3.8, 4) is 0 Å². The summed E-state index contributed by atoms with van der Waals surface area (Å²) in [5.41, 5.74) is 0. The van der Waals surface area contributed by atoms with Crippen LogP contribution < -0.4 is 0 Å². The first kappa shape index (κ1) is 15.3. The van der Waals surface area contributed by atoms with E-state index in [0.717, 1.165) is 38.6 Å². The maximum atomic E-state index is 12.7. The van der Waals surface area contributed by atoms with Crippen LogP contribution in [-0.4, -0.2) is 34.5 Å². The summed E-state index contributed by atoms with van der Waals surface area (Å²) in [7, 11) is 0. The maximum Gasteiger partial charge on any atom is 0.303 e. The number of piperidine rings is 1. The number of likely N-dealkylation sites (tertiary alicyclic amines) is 1. The standard InChI is InChI=1S/C16H27NO3/c18-15(19)11-10-14-9-5-6-12-17(14)16(20)13-7-3-1-2-4-8-13/h13-14H,1-12H2,(H,18,19). The third-order valence-corrected chi connectivity index (χ3v) is 4.81. The van der Waals surface area contributed by atoms with E-state index in [1.165, 1.54) is 25.7 Å². The lowest BCUT2D eigenvalue weighted by Gasteiger charge is -2.37. The van der Waals surface area contributed by atoms with Crippen molar-refractivity contribution < 1.29 is 14.7 Å². The Bertz CT molecular complexity index is 335. The van der Waals surface area contributed by atoms with E-state index in [-0.39, 0.29) is 18.4 Å². The quantitative estimate of drug-likeness (QED) is 0.805. The number of nitrogens with zero attached hydrogens (tertiary/aromatic N) is 1. The molecule has 1 saturated carbocycles. The minimum absolute atomic E-state index is 0.163. The maximum absolute atomic E-state index is 12.7. The number of hydrogen-bond donors (Lipinski definition) is 1. The molecule has 1 unspecified atom stereocenters. The van der Waals surface area contributed by atoms with Gasteiger partial charge in [0.1, 0.15) is 0 Å². The van der Waals surface area contributed by atoms with Crippen molar-refractivity contribution in [1.29, 1.82) is 0 Å². The predicted octanol–water partition coefficient (Wildman–Crippen LogP) is 3.20. The van der Waals surface area contributed by atoms with E-state index in [4.69, 9.17) is 5.11 Å². The van der Waals surface area contributed by atoms with E-state index in [1.54, 1.807) is 0 Å². The van der Waals surface area contributed by atoms with Gasteiger partial charge >= 0.3 is 5.97 Å². The highest BCUT2D eigenvalue weighted by Crippen LogP contribution is 2.28. The van der Waals surface area contributed by atoms with Gasteiger partial charge in [-0.05, 0) is 38.5 Å². The highest BCUT2D eigenvalue weighted by molar-refractivity contribution is 5.79. The summed E-state index contributed by atoms with van der Waals surface area (Å²) in [5, 5.41) is 8.85. The van der Waals surface area contributed by atoms with Crippen molar-refractivity contribution in [1.82, 2.24) is 4.90 Å². The Morgan fingerprint density at radius 3 is 2.25 bits per heavy atom. The average molecular weight is 281 g/mol. The third-order valence-electron chi connectivity index (χ3n) is 4.81. The predicted molar refractivity (Wildman–Crippen MR) is 77.4 cm³/mol. The van der Waals surface area contributed by atoms with Crippen LogP contribution in [-0.2, 0) is 9.59 Å². The molecule has 0 radical (unpaired) electrons. The van der Waals surface area contributed by atoms with E-state index < -0.39 is 5.97 Å². The fourth-order valence-corrected chi connectivity index (χ4v) is 3.64. The van der Waals surface area contributed by atoms with Crippen LogP contribution in [0, 0.1) is 5.92 Å². The second kappa shape index (κ2) is 7.65. The number of hydrogen-bond acceptors (Lipinski definition) is 2. The molecular weight excluding hydrogens is 254 g/mol. The summed E-state index contributed by atoms with van der Waals surface area (Å²) in [4.78, 5) is 25.5. The molecule has 1 heterocycles. The second-order valence-corrected chi connectivity index (χ2v) is 6.30. The zero-order valence-electron chi connectivity index (χ0n) is 12.4. The number of aliphatic carboxylic acids is 1. The van der Waals surface area contributed by atoms with E-state index in [9.17, 15) is 9.59 Å². The smallest absolute Gasteiger partial charge is 0.303 e. The summed E-state index contributed by atoms with van der Waals surface area (Å²) in [6, 6.07) is 0.163. The molecule has 1 aliphatic carbocycles. The Hall–Kier alpha value is -1.06. The Labute approximate surface area is 121 Å². The van der Waals surface area contributed by atoms with Crippen LogP contribution >= 0.6 is 0 Å². The molecule has 1 N–H and O–H groups in total. The van der Waals surface area contributed by atoms with Crippen molar-refractivity contribution >= 4 is 11.9 Å². The van der Waals surface area contributed by atoms with Crippen molar-refractivity contribution in [3.63, 3.8) is 0 Å². The molecule has 0 aromatic carbocycles. The van der Waals surface area contributed by atoms with Gasteiger partial charge < -0.3 is 10.0 Å². The minimum Gasteiger partial charge on any atom is -0.481 e. The number of carbonyl (C=O) groups excluding carboxylic acids is 1.